The Hall–Kier alpha value is -1.22. The molecule has 2 rings (SSSR count). The number of hydrogen-bond acceptors (Lipinski definition) is 3. The molecule has 0 aromatic carbocycles. The van der Waals surface area contributed by atoms with Crippen molar-refractivity contribution in [3.8, 4) is 0 Å². The maximum Gasteiger partial charge on any atom is 0.127 e. The van der Waals surface area contributed by atoms with Crippen LogP contribution in [-0.2, 0) is 11.2 Å². The number of aldehydes is 1. The van der Waals surface area contributed by atoms with Crippen molar-refractivity contribution in [2.75, 3.05) is 20.1 Å². The number of nitrogens with zero attached hydrogens (tertiary/aromatic N) is 2. The summed E-state index contributed by atoms with van der Waals surface area (Å²) in [5, 5.41) is 0. The van der Waals surface area contributed by atoms with Gasteiger partial charge in [0.2, 0.25) is 0 Å². The molecule has 1 fully saturated rings. The van der Waals surface area contributed by atoms with Gasteiger partial charge in [-0.1, -0.05) is 25.7 Å². The summed E-state index contributed by atoms with van der Waals surface area (Å²) < 4.78 is 0. The highest BCUT2D eigenvalue weighted by atomic mass is 16.1. The molecule has 0 spiro atoms. The summed E-state index contributed by atoms with van der Waals surface area (Å²) in [5.41, 5.74) is 1.22. The molecule has 3 nitrogen and oxygen atoms in total. The fraction of sp³-hybridized carbons (Fsp3) is 0.647. The van der Waals surface area contributed by atoms with Crippen molar-refractivity contribution in [3.63, 3.8) is 0 Å². The van der Waals surface area contributed by atoms with Gasteiger partial charge in [-0.05, 0) is 44.0 Å². The molecule has 1 saturated carbocycles. The van der Waals surface area contributed by atoms with E-state index < -0.39 is 0 Å². The lowest BCUT2D eigenvalue weighted by Gasteiger charge is -2.31. The van der Waals surface area contributed by atoms with Crippen LogP contribution < -0.4 is 0 Å². The van der Waals surface area contributed by atoms with Crippen LogP contribution in [0.25, 0.3) is 0 Å². The van der Waals surface area contributed by atoms with Crippen LogP contribution in [0.1, 0.15) is 44.1 Å². The summed E-state index contributed by atoms with van der Waals surface area (Å²) in [6, 6.07) is 4.13. The largest absolute Gasteiger partial charge is 0.305 e. The number of pyridine rings is 1. The van der Waals surface area contributed by atoms with Crippen molar-refractivity contribution in [1.29, 1.82) is 0 Å². The highest BCUT2D eigenvalue weighted by Gasteiger charge is 2.31. The Kier molecular flexibility index (Phi) is 5.72. The van der Waals surface area contributed by atoms with Crippen LogP contribution >= 0.6 is 0 Å². The highest BCUT2D eigenvalue weighted by molar-refractivity contribution is 5.59. The molecule has 0 N–H and O–H groups in total. The lowest BCUT2D eigenvalue weighted by molar-refractivity contribution is -0.117. The average molecular weight is 274 g/mol. The molecule has 1 aromatic heterocycles. The van der Waals surface area contributed by atoms with Gasteiger partial charge in [-0.3, -0.25) is 4.98 Å². The number of rotatable bonds is 6. The number of likely N-dealkylation sites (N-methyl/N-ethyl adjacent to an activating group) is 1. The number of aromatic nitrogens is 1. The number of hydrogen-bond donors (Lipinski definition) is 0. The summed E-state index contributed by atoms with van der Waals surface area (Å²) in [6.07, 6.45) is 13.1. The Morgan fingerprint density at radius 1 is 1.20 bits per heavy atom. The van der Waals surface area contributed by atoms with Crippen LogP contribution in [0.3, 0.4) is 0 Å². The van der Waals surface area contributed by atoms with Gasteiger partial charge in [0, 0.05) is 30.9 Å². The van der Waals surface area contributed by atoms with Gasteiger partial charge in [0.15, 0.2) is 0 Å². The van der Waals surface area contributed by atoms with E-state index in [1.54, 1.807) is 0 Å². The predicted octanol–water partition coefficient (Wildman–Crippen LogP) is 3.10. The maximum absolute atomic E-state index is 11.6. The molecule has 0 aliphatic heterocycles. The average Bonchev–Trinajstić information content (AvgIpc) is 2.72. The molecule has 0 radical (unpaired) electrons. The van der Waals surface area contributed by atoms with E-state index in [1.165, 1.54) is 37.5 Å². The summed E-state index contributed by atoms with van der Waals surface area (Å²) >= 11 is 0. The third-order valence-corrected chi connectivity index (χ3v) is 4.47. The molecule has 1 heterocycles. The monoisotopic (exact) mass is 274 g/mol. The van der Waals surface area contributed by atoms with Crippen molar-refractivity contribution >= 4 is 6.29 Å². The third-order valence-electron chi connectivity index (χ3n) is 4.47. The Balaban J connectivity index is 1.85. The predicted molar refractivity (Wildman–Crippen MR) is 81.6 cm³/mol. The molecule has 0 atom stereocenters. The Bertz CT molecular complexity index is 397. The first-order valence-electron chi connectivity index (χ1n) is 7.78. The zero-order valence-corrected chi connectivity index (χ0v) is 12.6. The van der Waals surface area contributed by atoms with Crippen LogP contribution in [0.5, 0.6) is 0 Å². The van der Waals surface area contributed by atoms with Gasteiger partial charge in [0.1, 0.15) is 6.29 Å². The van der Waals surface area contributed by atoms with E-state index in [4.69, 9.17) is 0 Å². The molecule has 3 heteroatoms. The van der Waals surface area contributed by atoms with E-state index in [0.717, 1.165) is 32.4 Å². The minimum Gasteiger partial charge on any atom is -0.305 e. The minimum atomic E-state index is -0.0938. The molecular weight excluding hydrogens is 248 g/mol. The van der Waals surface area contributed by atoms with Gasteiger partial charge in [-0.25, -0.2) is 0 Å². The topological polar surface area (TPSA) is 33.2 Å². The maximum atomic E-state index is 11.6. The van der Waals surface area contributed by atoms with Crippen molar-refractivity contribution in [3.05, 3.63) is 30.1 Å². The molecule has 1 aromatic rings. The Morgan fingerprint density at radius 3 is 2.45 bits per heavy atom. The number of carbonyl (C=O) groups is 1. The minimum absolute atomic E-state index is 0.0938. The van der Waals surface area contributed by atoms with Crippen LogP contribution in [0.15, 0.2) is 24.5 Å². The molecule has 0 saturated heterocycles. The van der Waals surface area contributed by atoms with E-state index in [0.29, 0.717) is 0 Å². The van der Waals surface area contributed by atoms with Crippen molar-refractivity contribution in [2.24, 2.45) is 5.41 Å². The van der Waals surface area contributed by atoms with Crippen molar-refractivity contribution in [1.82, 2.24) is 9.88 Å². The first-order chi connectivity index (χ1) is 9.74. The molecule has 110 valence electrons. The molecule has 20 heavy (non-hydrogen) atoms. The lowest BCUT2D eigenvalue weighted by atomic mass is 9.81. The first kappa shape index (κ1) is 15.2. The van der Waals surface area contributed by atoms with Crippen LogP contribution in [-0.4, -0.2) is 36.3 Å². The smallest absolute Gasteiger partial charge is 0.127 e. The summed E-state index contributed by atoms with van der Waals surface area (Å²) in [7, 11) is 2.14. The zero-order chi connectivity index (χ0) is 14.3. The molecule has 1 aliphatic carbocycles. The Morgan fingerprint density at radius 2 is 1.85 bits per heavy atom. The van der Waals surface area contributed by atoms with Crippen molar-refractivity contribution in [2.45, 2.75) is 44.9 Å². The first-order valence-corrected chi connectivity index (χ1v) is 7.78. The molecular formula is C17H26N2O. The van der Waals surface area contributed by atoms with Crippen molar-refractivity contribution < 1.29 is 4.79 Å². The molecule has 0 bridgehead atoms. The van der Waals surface area contributed by atoms with Gasteiger partial charge < -0.3 is 9.69 Å². The quantitative estimate of drug-likeness (QED) is 0.590. The summed E-state index contributed by atoms with van der Waals surface area (Å²) in [4.78, 5) is 18.0. The van der Waals surface area contributed by atoms with Crippen LogP contribution in [0.2, 0.25) is 0 Å². The molecule has 0 amide bonds. The van der Waals surface area contributed by atoms with Gasteiger partial charge in [-0.15, -0.1) is 0 Å². The molecule has 1 aliphatic rings. The second-order valence-electron chi connectivity index (χ2n) is 6.24. The van der Waals surface area contributed by atoms with Crippen LogP contribution in [0, 0.1) is 5.41 Å². The second kappa shape index (κ2) is 7.53. The normalized spacial score (nSPS) is 18.7. The van der Waals surface area contributed by atoms with Gasteiger partial charge in [0.05, 0.1) is 0 Å². The summed E-state index contributed by atoms with van der Waals surface area (Å²) in [6.45, 7) is 1.90. The SMILES string of the molecule is CN(CCc1ccncc1)CC1(C=O)CCCCCC1. The lowest BCUT2D eigenvalue weighted by Crippen LogP contribution is -2.37. The van der Waals surface area contributed by atoms with E-state index in [2.05, 4.69) is 29.1 Å². The van der Waals surface area contributed by atoms with E-state index >= 15 is 0 Å². The van der Waals surface area contributed by atoms with Gasteiger partial charge in [0.25, 0.3) is 0 Å². The molecule has 0 unspecified atom stereocenters. The standard InChI is InChI=1S/C17H26N2O/c1-19(13-8-16-6-11-18-12-7-16)14-17(15-20)9-4-2-3-5-10-17/h6-7,11-12,15H,2-5,8-10,13-14H2,1H3. The third kappa shape index (κ3) is 4.41. The van der Waals surface area contributed by atoms with E-state index in [1.807, 2.05) is 12.4 Å². The highest BCUT2D eigenvalue weighted by Crippen LogP contribution is 2.33. The number of carbonyl (C=O) groups excluding carboxylic acids is 1. The fourth-order valence-electron chi connectivity index (χ4n) is 3.23. The van der Waals surface area contributed by atoms with Gasteiger partial charge >= 0.3 is 0 Å². The fourth-order valence-corrected chi connectivity index (χ4v) is 3.23. The van der Waals surface area contributed by atoms with Gasteiger partial charge in [-0.2, -0.15) is 0 Å². The Labute approximate surface area is 122 Å². The second-order valence-corrected chi connectivity index (χ2v) is 6.24. The zero-order valence-electron chi connectivity index (χ0n) is 12.6. The van der Waals surface area contributed by atoms with E-state index in [9.17, 15) is 4.79 Å². The van der Waals surface area contributed by atoms with Crippen LogP contribution in [0.4, 0.5) is 0 Å². The van der Waals surface area contributed by atoms with E-state index in [-0.39, 0.29) is 5.41 Å². The summed E-state index contributed by atoms with van der Waals surface area (Å²) in [5.74, 6) is 0.